The number of hydrogen-bond acceptors (Lipinski definition) is 9. The van der Waals surface area contributed by atoms with Crippen molar-refractivity contribution in [3.63, 3.8) is 0 Å². The minimum atomic E-state index is -0.399. The second kappa shape index (κ2) is 9.31. The van der Waals surface area contributed by atoms with Crippen LogP contribution >= 0.6 is 0 Å². The predicted molar refractivity (Wildman–Crippen MR) is 129 cm³/mol. The van der Waals surface area contributed by atoms with Gasteiger partial charge in [-0.05, 0) is 24.6 Å². The Morgan fingerprint density at radius 2 is 2.32 bits per heavy atom. The van der Waals surface area contributed by atoms with Crippen LogP contribution in [0.5, 0.6) is 5.75 Å². The van der Waals surface area contributed by atoms with Crippen molar-refractivity contribution in [3.05, 3.63) is 42.5 Å². The molecule has 3 unspecified atom stereocenters. The van der Waals surface area contributed by atoms with Gasteiger partial charge in [-0.25, -0.2) is 9.97 Å². The quantitative estimate of drug-likeness (QED) is 0.385. The van der Waals surface area contributed by atoms with Gasteiger partial charge in [-0.2, -0.15) is 10.2 Å². The fraction of sp³-hybridized carbons (Fsp3) is 0.333. The summed E-state index contributed by atoms with van der Waals surface area (Å²) in [6.45, 7) is 1.45. The van der Waals surface area contributed by atoms with Crippen LogP contribution in [0.15, 0.2) is 46.2 Å². The standard InChI is InChI=1S/C24H24N8O2/c1-33-20-4-2-3-19-22(20)34-24(31-19)32-10-7-15(13-32)18(5-8-25)28-12-16(11-26)21-17-6-9-27-23(17)30-14-29-21/h2-4,6,9,11-12,14-16,18,26H,5,7,10,13H2,1H3,(H,27,29,30). The van der Waals surface area contributed by atoms with Crippen LogP contribution in [0, 0.1) is 22.7 Å². The third-order valence-electron chi connectivity index (χ3n) is 6.25. The number of nitrogens with zero attached hydrogens (tertiary/aromatic N) is 6. The first-order valence-electron chi connectivity index (χ1n) is 11.1. The first kappa shape index (κ1) is 21.6. The largest absolute Gasteiger partial charge is 0.493 e. The Balaban J connectivity index is 1.34. The summed E-state index contributed by atoms with van der Waals surface area (Å²) in [6.07, 6.45) is 7.49. The molecule has 1 aromatic carbocycles. The van der Waals surface area contributed by atoms with Gasteiger partial charge < -0.3 is 24.4 Å². The number of methoxy groups -OCH3 is 1. The van der Waals surface area contributed by atoms with Gasteiger partial charge in [-0.3, -0.25) is 4.99 Å². The van der Waals surface area contributed by atoms with E-state index in [1.54, 1.807) is 19.5 Å². The number of H-pyrrole nitrogens is 1. The maximum absolute atomic E-state index is 9.43. The number of nitriles is 1. The second-order valence-corrected chi connectivity index (χ2v) is 8.22. The highest BCUT2D eigenvalue weighted by molar-refractivity contribution is 5.94. The topological polar surface area (TPSA) is 140 Å². The van der Waals surface area contributed by atoms with E-state index in [0.717, 1.165) is 29.5 Å². The highest BCUT2D eigenvalue weighted by atomic mass is 16.5. The molecule has 2 N–H and O–H groups in total. The smallest absolute Gasteiger partial charge is 0.298 e. The summed E-state index contributed by atoms with van der Waals surface area (Å²) in [5.74, 6) is 0.416. The lowest BCUT2D eigenvalue weighted by Crippen LogP contribution is -2.25. The van der Waals surface area contributed by atoms with Crippen molar-refractivity contribution in [1.29, 1.82) is 10.7 Å². The molecular formula is C24H24N8O2. The number of anilines is 1. The maximum Gasteiger partial charge on any atom is 0.298 e. The molecule has 1 aliphatic heterocycles. The lowest BCUT2D eigenvalue weighted by molar-refractivity contribution is 0.410. The SMILES string of the molecule is COc1cccc2nc(N3CCC(C(CC#N)N=CC(C=N)c4ncnc5[nH]ccc45)C3)oc12. The van der Waals surface area contributed by atoms with Gasteiger partial charge in [0.05, 0.1) is 37.3 Å². The number of aliphatic imine (C=N–C) groups is 1. The van der Waals surface area contributed by atoms with Crippen LogP contribution < -0.4 is 9.64 Å². The number of rotatable bonds is 8. The number of para-hydroxylation sites is 1. The fourth-order valence-electron chi connectivity index (χ4n) is 4.47. The first-order chi connectivity index (χ1) is 16.7. The fourth-order valence-corrected chi connectivity index (χ4v) is 4.47. The van der Waals surface area contributed by atoms with Gasteiger partial charge in [-0.1, -0.05) is 6.07 Å². The van der Waals surface area contributed by atoms with Crippen molar-refractivity contribution in [2.24, 2.45) is 10.9 Å². The molecule has 0 radical (unpaired) electrons. The Morgan fingerprint density at radius 3 is 3.15 bits per heavy atom. The molecule has 5 rings (SSSR count). The summed E-state index contributed by atoms with van der Waals surface area (Å²) in [6, 6.07) is 10.1. The number of ether oxygens (including phenoxy) is 1. The van der Waals surface area contributed by atoms with Gasteiger partial charge in [0.25, 0.3) is 6.01 Å². The molecule has 34 heavy (non-hydrogen) atoms. The monoisotopic (exact) mass is 456 g/mol. The predicted octanol–water partition coefficient (Wildman–Crippen LogP) is 3.72. The summed E-state index contributed by atoms with van der Waals surface area (Å²) in [4.78, 5) is 23.1. The molecule has 4 heterocycles. The normalized spacial score (nSPS) is 17.9. The van der Waals surface area contributed by atoms with Crippen LogP contribution in [0.2, 0.25) is 0 Å². The summed E-state index contributed by atoms with van der Waals surface area (Å²) in [7, 11) is 1.61. The zero-order chi connectivity index (χ0) is 23.5. The van der Waals surface area contributed by atoms with Crippen LogP contribution in [0.4, 0.5) is 6.01 Å². The highest BCUT2D eigenvalue weighted by Crippen LogP contribution is 2.33. The molecule has 1 saturated heterocycles. The Morgan fingerprint density at radius 1 is 1.41 bits per heavy atom. The summed E-state index contributed by atoms with van der Waals surface area (Å²) in [5.41, 5.74) is 2.82. The van der Waals surface area contributed by atoms with Crippen molar-refractivity contribution >= 4 is 40.6 Å². The summed E-state index contributed by atoms with van der Waals surface area (Å²) < 4.78 is 11.4. The summed E-state index contributed by atoms with van der Waals surface area (Å²) >= 11 is 0. The minimum absolute atomic E-state index is 0.164. The molecule has 3 atom stereocenters. The second-order valence-electron chi connectivity index (χ2n) is 8.22. The van der Waals surface area contributed by atoms with E-state index in [0.29, 0.717) is 36.0 Å². The van der Waals surface area contributed by atoms with Crippen LogP contribution in [0.25, 0.3) is 22.1 Å². The number of benzene rings is 1. The Bertz CT molecular complexity index is 1380. The number of nitrogens with one attached hydrogen (secondary N) is 2. The molecule has 0 spiro atoms. The van der Waals surface area contributed by atoms with E-state index in [-0.39, 0.29) is 12.0 Å². The van der Waals surface area contributed by atoms with Crippen LogP contribution in [0.3, 0.4) is 0 Å². The Hall–Kier alpha value is -4.26. The van der Waals surface area contributed by atoms with E-state index in [2.05, 4.69) is 30.9 Å². The average Bonchev–Trinajstić information content (AvgIpc) is 3.62. The van der Waals surface area contributed by atoms with Crippen LogP contribution in [-0.2, 0) is 0 Å². The van der Waals surface area contributed by atoms with Crippen molar-refractivity contribution in [2.75, 3.05) is 25.1 Å². The molecule has 3 aromatic heterocycles. The van der Waals surface area contributed by atoms with Crippen LogP contribution in [0.1, 0.15) is 24.5 Å². The first-order valence-corrected chi connectivity index (χ1v) is 11.1. The number of fused-ring (bicyclic) bond motifs is 2. The van der Waals surface area contributed by atoms with Crippen molar-refractivity contribution in [3.8, 4) is 11.8 Å². The lowest BCUT2D eigenvalue weighted by atomic mass is 9.96. The number of aromatic nitrogens is 4. The minimum Gasteiger partial charge on any atom is -0.493 e. The van der Waals surface area contributed by atoms with Crippen LogP contribution in [-0.4, -0.2) is 58.6 Å². The molecule has 4 aromatic rings. The third kappa shape index (κ3) is 3.96. The molecule has 1 fully saturated rings. The van der Waals surface area contributed by atoms with E-state index in [9.17, 15) is 5.26 Å². The van der Waals surface area contributed by atoms with Gasteiger partial charge in [-0.15, -0.1) is 0 Å². The number of aromatic amines is 1. The Labute approximate surface area is 195 Å². The van der Waals surface area contributed by atoms with Crippen molar-refractivity contribution in [1.82, 2.24) is 19.9 Å². The van der Waals surface area contributed by atoms with Crippen molar-refractivity contribution in [2.45, 2.75) is 24.8 Å². The zero-order valence-electron chi connectivity index (χ0n) is 18.7. The van der Waals surface area contributed by atoms with E-state index < -0.39 is 5.92 Å². The molecule has 10 nitrogen and oxygen atoms in total. The van der Waals surface area contributed by atoms with Gasteiger partial charge in [0.15, 0.2) is 11.3 Å². The Kier molecular flexibility index (Phi) is 5.91. The summed E-state index contributed by atoms with van der Waals surface area (Å²) in [5, 5.41) is 18.2. The highest BCUT2D eigenvalue weighted by Gasteiger charge is 2.32. The van der Waals surface area contributed by atoms with E-state index in [1.165, 1.54) is 12.5 Å². The van der Waals surface area contributed by atoms with Gasteiger partial charge in [0.1, 0.15) is 17.5 Å². The lowest BCUT2D eigenvalue weighted by Gasteiger charge is -2.18. The molecule has 1 aliphatic rings. The van der Waals surface area contributed by atoms with Gasteiger partial charge >= 0.3 is 0 Å². The molecule has 0 aliphatic carbocycles. The van der Waals surface area contributed by atoms with Gasteiger partial charge in [0, 0.05) is 43.0 Å². The molecular weight excluding hydrogens is 432 g/mol. The van der Waals surface area contributed by atoms with E-state index in [1.807, 2.05) is 24.3 Å². The van der Waals surface area contributed by atoms with E-state index in [4.69, 9.17) is 19.6 Å². The molecule has 172 valence electrons. The number of oxazole rings is 1. The molecule has 0 bridgehead atoms. The van der Waals surface area contributed by atoms with Crippen molar-refractivity contribution < 1.29 is 9.15 Å². The average molecular weight is 457 g/mol. The third-order valence-corrected chi connectivity index (χ3v) is 6.25. The maximum atomic E-state index is 9.43. The zero-order valence-corrected chi connectivity index (χ0v) is 18.7. The molecule has 10 heteroatoms. The molecule has 0 saturated carbocycles. The van der Waals surface area contributed by atoms with E-state index >= 15 is 0 Å². The van der Waals surface area contributed by atoms with Gasteiger partial charge in [0.2, 0.25) is 0 Å². The number of hydrogen-bond donors (Lipinski definition) is 2. The molecule has 0 amide bonds.